The fourth-order valence-corrected chi connectivity index (χ4v) is 1.47. The van der Waals surface area contributed by atoms with Gasteiger partial charge in [0.15, 0.2) is 0 Å². The van der Waals surface area contributed by atoms with Gasteiger partial charge in [-0.25, -0.2) is 0 Å². The third kappa shape index (κ3) is 2.64. The first-order valence-electron chi connectivity index (χ1n) is 5.25. The van der Waals surface area contributed by atoms with E-state index >= 15 is 0 Å². The largest absolute Gasteiger partial charge is 0.486 e. The maximum Gasteiger partial charge on any atom is 0.146 e. The molecule has 0 spiro atoms. The zero-order valence-corrected chi connectivity index (χ0v) is 9.27. The second-order valence-electron chi connectivity index (χ2n) is 3.68. The van der Waals surface area contributed by atoms with Crippen molar-refractivity contribution in [3.63, 3.8) is 0 Å². The van der Waals surface area contributed by atoms with Crippen molar-refractivity contribution in [1.82, 2.24) is 0 Å². The molecular formula is C13H15NO2. The number of hydrogen-bond acceptors (Lipinski definition) is 3. The van der Waals surface area contributed by atoms with Gasteiger partial charge in [0.25, 0.3) is 0 Å². The maximum absolute atomic E-state index is 5.60. The summed E-state index contributed by atoms with van der Waals surface area (Å²) in [4.78, 5) is 0. The van der Waals surface area contributed by atoms with Crippen LogP contribution in [0.5, 0.6) is 5.75 Å². The van der Waals surface area contributed by atoms with Gasteiger partial charge in [0.1, 0.15) is 23.9 Å². The fourth-order valence-electron chi connectivity index (χ4n) is 1.47. The zero-order chi connectivity index (χ0) is 11.4. The van der Waals surface area contributed by atoms with E-state index in [1.54, 1.807) is 0 Å². The molecule has 16 heavy (non-hydrogen) atoms. The summed E-state index contributed by atoms with van der Waals surface area (Å²) >= 11 is 0. The van der Waals surface area contributed by atoms with E-state index in [1.807, 2.05) is 43.3 Å². The van der Waals surface area contributed by atoms with Crippen LogP contribution in [-0.2, 0) is 13.2 Å². The van der Waals surface area contributed by atoms with Gasteiger partial charge in [0.05, 0.1) is 6.54 Å². The molecule has 0 aliphatic carbocycles. The van der Waals surface area contributed by atoms with Crippen LogP contribution in [0.2, 0.25) is 0 Å². The van der Waals surface area contributed by atoms with E-state index in [2.05, 4.69) is 0 Å². The van der Waals surface area contributed by atoms with Gasteiger partial charge in [-0.15, -0.1) is 0 Å². The van der Waals surface area contributed by atoms with E-state index in [9.17, 15) is 0 Å². The first kappa shape index (κ1) is 10.8. The third-order valence-electron chi connectivity index (χ3n) is 2.29. The van der Waals surface area contributed by atoms with Crippen LogP contribution in [0.1, 0.15) is 17.1 Å². The summed E-state index contributed by atoms with van der Waals surface area (Å²) in [7, 11) is 0. The Morgan fingerprint density at radius 1 is 1.19 bits per heavy atom. The Morgan fingerprint density at radius 3 is 2.69 bits per heavy atom. The minimum atomic E-state index is 0.421. The van der Waals surface area contributed by atoms with Crippen LogP contribution in [0.4, 0.5) is 0 Å². The van der Waals surface area contributed by atoms with Crippen molar-refractivity contribution < 1.29 is 9.15 Å². The molecule has 2 aromatic rings. The summed E-state index contributed by atoms with van der Waals surface area (Å²) in [6.45, 7) is 2.89. The molecule has 0 atom stereocenters. The molecule has 0 saturated carbocycles. The quantitative estimate of drug-likeness (QED) is 0.856. The van der Waals surface area contributed by atoms with Crippen molar-refractivity contribution in [3.8, 4) is 5.75 Å². The molecule has 0 aliphatic rings. The van der Waals surface area contributed by atoms with Gasteiger partial charge in [0, 0.05) is 0 Å². The molecule has 0 fully saturated rings. The van der Waals surface area contributed by atoms with Gasteiger partial charge in [-0.05, 0) is 36.8 Å². The molecule has 0 saturated heterocycles. The van der Waals surface area contributed by atoms with E-state index < -0.39 is 0 Å². The van der Waals surface area contributed by atoms with Gasteiger partial charge < -0.3 is 14.9 Å². The van der Waals surface area contributed by atoms with Crippen LogP contribution in [0, 0.1) is 6.92 Å². The van der Waals surface area contributed by atoms with Crippen LogP contribution < -0.4 is 10.5 Å². The van der Waals surface area contributed by atoms with Crippen molar-refractivity contribution in [1.29, 1.82) is 0 Å². The number of furan rings is 1. The van der Waals surface area contributed by atoms with E-state index in [-0.39, 0.29) is 0 Å². The van der Waals surface area contributed by atoms with E-state index in [0.29, 0.717) is 13.2 Å². The summed E-state index contributed by atoms with van der Waals surface area (Å²) < 4.78 is 11.0. The van der Waals surface area contributed by atoms with E-state index in [1.165, 1.54) is 5.56 Å². The summed E-state index contributed by atoms with van der Waals surface area (Å²) in [5, 5.41) is 0. The predicted molar refractivity (Wildman–Crippen MR) is 62.1 cm³/mol. The summed E-state index contributed by atoms with van der Waals surface area (Å²) in [6, 6.07) is 11.7. The Morgan fingerprint density at radius 2 is 2.00 bits per heavy atom. The lowest BCUT2D eigenvalue weighted by Crippen LogP contribution is -1.95. The highest BCUT2D eigenvalue weighted by molar-refractivity contribution is 5.27. The molecule has 0 amide bonds. The molecular weight excluding hydrogens is 202 g/mol. The Hall–Kier alpha value is -1.74. The Kier molecular flexibility index (Phi) is 3.27. The number of hydrogen-bond donors (Lipinski definition) is 1. The summed E-state index contributed by atoms with van der Waals surface area (Å²) in [5.74, 6) is 2.43. The molecule has 1 aromatic heterocycles. The van der Waals surface area contributed by atoms with E-state index in [0.717, 1.165) is 17.3 Å². The molecule has 3 heteroatoms. The van der Waals surface area contributed by atoms with Gasteiger partial charge in [0.2, 0.25) is 0 Å². The van der Waals surface area contributed by atoms with Crippen LogP contribution in [0.3, 0.4) is 0 Å². The molecule has 0 unspecified atom stereocenters. The lowest BCUT2D eigenvalue weighted by molar-refractivity contribution is 0.266. The number of rotatable bonds is 4. The normalized spacial score (nSPS) is 10.4. The van der Waals surface area contributed by atoms with Crippen molar-refractivity contribution in [2.45, 2.75) is 20.1 Å². The van der Waals surface area contributed by atoms with Crippen LogP contribution in [0.15, 0.2) is 40.8 Å². The van der Waals surface area contributed by atoms with Crippen molar-refractivity contribution >= 4 is 0 Å². The summed E-state index contributed by atoms with van der Waals surface area (Å²) in [5.41, 5.74) is 6.64. The van der Waals surface area contributed by atoms with Gasteiger partial charge >= 0.3 is 0 Å². The van der Waals surface area contributed by atoms with Gasteiger partial charge in [-0.2, -0.15) is 0 Å². The number of nitrogens with two attached hydrogens (primary N) is 1. The Balaban J connectivity index is 1.96. The molecule has 0 aliphatic heterocycles. The Bertz CT molecular complexity index is 462. The van der Waals surface area contributed by atoms with Crippen molar-refractivity contribution in [3.05, 3.63) is 53.5 Å². The lowest BCUT2D eigenvalue weighted by atomic mass is 10.2. The highest BCUT2D eigenvalue weighted by Gasteiger charge is 2.01. The first-order valence-corrected chi connectivity index (χ1v) is 5.25. The topological polar surface area (TPSA) is 48.4 Å². The minimum absolute atomic E-state index is 0.421. The number of benzene rings is 1. The van der Waals surface area contributed by atoms with Gasteiger partial charge in [-0.3, -0.25) is 0 Å². The second kappa shape index (κ2) is 4.86. The molecule has 2 rings (SSSR count). The predicted octanol–water partition coefficient (Wildman–Crippen LogP) is 2.63. The minimum Gasteiger partial charge on any atom is -0.486 e. The molecule has 84 valence electrons. The van der Waals surface area contributed by atoms with Crippen molar-refractivity contribution in [2.24, 2.45) is 5.73 Å². The van der Waals surface area contributed by atoms with Gasteiger partial charge in [-0.1, -0.05) is 12.1 Å². The molecule has 3 nitrogen and oxygen atoms in total. The van der Waals surface area contributed by atoms with E-state index in [4.69, 9.17) is 14.9 Å². The van der Waals surface area contributed by atoms with Crippen LogP contribution in [-0.4, -0.2) is 0 Å². The zero-order valence-electron chi connectivity index (χ0n) is 9.27. The average molecular weight is 217 g/mol. The summed E-state index contributed by atoms with van der Waals surface area (Å²) in [6.07, 6.45) is 0. The average Bonchev–Trinajstić information content (AvgIpc) is 2.74. The fraction of sp³-hybridized carbons (Fsp3) is 0.231. The molecule has 2 N–H and O–H groups in total. The maximum atomic E-state index is 5.60. The number of aryl methyl sites for hydroxylation is 1. The van der Waals surface area contributed by atoms with Crippen molar-refractivity contribution in [2.75, 3.05) is 0 Å². The number of ether oxygens (including phenoxy) is 1. The SMILES string of the molecule is Cc1cccc(OCc2ccc(CN)o2)c1. The van der Waals surface area contributed by atoms with Crippen LogP contribution >= 0.6 is 0 Å². The highest BCUT2D eigenvalue weighted by atomic mass is 16.5. The first-order chi connectivity index (χ1) is 7.78. The smallest absolute Gasteiger partial charge is 0.146 e. The highest BCUT2D eigenvalue weighted by Crippen LogP contribution is 2.15. The second-order valence-corrected chi connectivity index (χ2v) is 3.68. The lowest BCUT2D eigenvalue weighted by Gasteiger charge is -2.04. The molecule has 1 aromatic carbocycles. The monoisotopic (exact) mass is 217 g/mol. The molecule has 0 bridgehead atoms. The third-order valence-corrected chi connectivity index (χ3v) is 2.29. The molecule has 0 radical (unpaired) electrons. The van der Waals surface area contributed by atoms with Crippen LogP contribution in [0.25, 0.3) is 0 Å². The standard InChI is InChI=1S/C13H15NO2/c1-10-3-2-4-11(7-10)15-9-13-6-5-12(8-14)16-13/h2-7H,8-9,14H2,1H3. The molecule has 1 heterocycles. The Labute approximate surface area is 94.8 Å².